The third-order valence-electron chi connectivity index (χ3n) is 4.80. The average molecular weight is 441 g/mol. The van der Waals surface area contributed by atoms with Crippen molar-refractivity contribution in [3.05, 3.63) is 29.5 Å². The Hall–Kier alpha value is -2.24. The van der Waals surface area contributed by atoms with E-state index in [1.165, 1.54) is 6.26 Å². The molecule has 2 aromatic rings. The maximum Gasteiger partial charge on any atom is 0.255 e. The number of nitrogens with zero attached hydrogens (tertiary/aromatic N) is 3. The van der Waals surface area contributed by atoms with Crippen LogP contribution in [0.4, 0.5) is 0 Å². The molecule has 0 spiro atoms. The number of amides is 1. The van der Waals surface area contributed by atoms with E-state index >= 15 is 0 Å². The summed E-state index contributed by atoms with van der Waals surface area (Å²) in [4.78, 5) is 13.2. The van der Waals surface area contributed by atoms with Gasteiger partial charge in [0.1, 0.15) is 0 Å². The van der Waals surface area contributed by atoms with E-state index in [2.05, 4.69) is 14.5 Å². The van der Waals surface area contributed by atoms with Crippen LogP contribution in [-0.2, 0) is 21.2 Å². The van der Waals surface area contributed by atoms with Crippen molar-refractivity contribution < 1.29 is 22.7 Å². The van der Waals surface area contributed by atoms with Gasteiger partial charge in [0.05, 0.1) is 12.8 Å². The Morgan fingerprint density at radius 2 is 2.03 bits per heavy atom. The first-order chi connectivity index (χ1) is 13.8. The molecule has 1 aromatic carbocycles. The van der Waals surface area contributed by atoms with Gasteiger partial charge in [-0.1, -0.05) is 10.6 Å². The predicted molar refractivity (Wildman–Crippen MR) is 108 cm³/mol. The number of carbonyl (C=O) groups excluding carboxylic acids is 1. The topological polar surface area (TPSA) is 125 Å². The number of methoxy groups -OCH3 is 1. The van der Waals surface area contributed by atoms with Crippen molar-refractivity contribution in [2.24, 2.45) is 5.73 Å². The molecular weight excluding hydrogens is 416 g/mol. The largest absolute Gasteiger partial charge is 0.493 e. The van der Waals surface area contributed by atoms with E-state index in [0.29, 0.717) is 17.2 Å². The summed E-state index contributed by atoms with van der Waals surface area (Å²) in [6, 6.07) is 5.58. The van der Waals surface area contributed by atoms with Crippen LogP contribution in [0.15, 0.2) is 22.4 Å². The van der Waals surface area contributed by atoms with Crippen LogP contribution >= 0.6 is 11.5 Å². The fraction of sp³-hybridized carbons (Fsp3) is 0.500. The van der Waals surface area contributed by atoms with Crippen molar-refractivity contribution >= 4 is 27.3 Å². The lowest BCUT2D eigenvalue weighted by Gasteiger charge is -2.31. The number of hydrogen-bond donors (Lipinski definition) is 1. The first kappa shape index (κ1) is 21.5. The lowest BCUT2D eigenvalue weighted by atomic mass is 9.94. The SMILES string of the molecule is COc1cc(CN2CCC(c3nnsc3S(C)(=O)=O)CC2)ccc1OCC(N)=O. The molecule has 2 N–H and O–H groups in total. The van der Waals surface area contributed by atoms with Gasteiger partial charge < -0.3 is 15.2 Å². The fourth-order valence-corrected chi connectivity index (χ4v) is 5.13. The molecule has 11 heteroatoms. The van der Waals surface area contributed by atoms with E-state index < -0.39 is 15.7 Å². The molecule has 1 aliphatic rings. The molecule has 1 aliphatic heterocycles. The van der Waals surface area contributed by atoms with E-state index in [1.54, 1.807) is 13.2 Å². The molecule has 0 bridgehead atoms. The van der Waals surface area contributed by atoms with Crippen molar-refractivity contribution in [3.8, 4) is 11.5 Å². The van der Waals surface area contributed by atoms with Gasteiger partial charge in [0, 0.05) is 30.3 Å². The molecule has 1 saturated heterocycles. The van der Waals surface area contributed by atoms with E-state index in [1.807, 2.05) is 12.1 Å². The normalized spacial score (nSPS) is 15.9. The second-order valence-corrected chi connectivity index (χ2v) is 9.97. The monoisotopic (exact) mass is 440 g/mol. The van der Waals surface area contributed by atoms with E-state index in [4.69, 9.17) is 15.2 Å². The van der Waals surface area contributed by atoms with Gasteiger partial charge in [0.15, 0.2) is 32.2 Å². The van der Waals surface area contributed by atoms with Gasteiger partial charge in [0.2, 0.25) is 0 Å². The predicted octanol–water partition coefficient (Wildman–Crippen LogP) is 1.19. The van der Waals surface area contributed by atoms with Crippen molar-refractivity contribution in [3.63, 3.8) is 0 Å². The second kappa shape index (κ2) is 9.06. The number of aromatic nitrogens is 2. The Bertz CT molecular complexity index is 968. The van der Waals surface area contributed by atoms with E-state index in [-0.39, 0.29) is 16.7 Å². The third kappa shape index (κ3) is 5.43. The Morgan fingerprint density at radius 3 is 2.66 bits per heavy atom. The van der Waals surface area contributed by atoms with Crippen LogP contribution in [0.25, 0.3) is 0 Å². The van der Waals surface area contributed by atoms with Gasteiger partial charge in [-0.15, -0.1) is 5.10 Å². The van der Waals surface area contributed by atoms with Crippen molar-refractivity contribution in [1.29, 1.82) is 0 Å². The van der Waals surface area contributed by atoms with Crippen LogP contribution in [0, 0.1) is 0 Å². The molecular formula is C18H24N4O5S2. The highest BCUT2D eigenvalue weighted by molar-refractivity contribution is 7.92. The van der Waals surface area contributed by atoms with Crippen LogP contribution in [0.5, 0.6) is 11.5 Å². The summed E-state index contributed by atoms with van der Waals surface area (Å²) in [7, 11) is -1.75. The summed E-state index contributed by atoms with van der Waals surface area (Å²) in [6.07, 6.45) is 2.85. The fourth-order valence-electron chi connectivity index (χ4n) is 3.40. The summed E-state index contributed by atoms with van der Waals surface area (Å²) < 4.78 is 38.7. The summed E-state index contributed by atoms with van der Waals surface area (Å²) in [6.45, 7) is 2.18. The molecule has 2 heterocycles. The van der Waals surface area contributed by atoms with Crippen LogP contribution in [-0.4, -0.2) is 61.9 Å². The van der Waals surface area contributed by atoms with Crippen LogP contribution in [0.1, 0.15) is 30.0 Å². The number of piperidine rings is 1. The van der Waals surface area contributed by atoms with Crippen LogP contribution in [0.3, 0.4) is 0 Å². The summed E-state index contributed by atoms with van der Waals surface area (Å²) in [5.41, 5.74) is 6.77. The molecule has 0 atom stereocenters. The smallest absolute Gasteiger partial charge is 0.255 e. The number of primary amides is 1. The number of benzene rings is 1. The summed E-state index contributed by atoms with van der Waals surface area (Å²) in [5.74, 6) is 0.574. The maximum absolute atomic E-state index is 11.9. The Labute approximate surface area is 173 Å². The Balaban J connectivity index is 1.61. The minimum absolute atomic E-state index is 0.105. The molecule has 158 valence electrons. The molecule has 0 aliphatic carbocycles. The number of nitrogens with two attached hydrogens (primary N) is 1. The summed E-state index contributed by atoms with van der Waals surface area (Å²) >= 11 is 0.947. The zero-order valence-corrected chi connectivity index (χ0v) is 18.0. The average Bonchev–Trinajstić information content (AvgIpc) is 3.18. The quantitative estimate of drug-likeness (QED) is 0.649. The lowest BCUT2D eigenvalue weighted by molar-refractivity contribution is -0.119. The molecule has 9 nitrogen and oxygen atoms in total. The molecule has 0 unspecified atom stereocenters. The minimum Gasteiger partial charge on any atom is -0.493 e. The van der Waals surface area contributed by atoms with Gasteiger partial charge >= 0.3 is 0 Å². The number of likely N-dealkylation sites (tertiary alicyclic amines) is 1. The maximum atomic E-state index is 11.9. The van der Waals surface area contributed by atoms with Gasteiger partial charge in [-0.05, 0) is 43.6 Å². The first-order valence-electron chi connectivity index (χ1n) is 9.10. The molecule has 0 saturated carbocycles. The molecule has 1 amide bonds. The second-order valence-electron chi connectivity index (χ2n) is 7.01. The number of ether oxygens (including phenoxy) is 2. The van der Waals surface area contributed by atoms with Crippen molar-refractivity contribution in [2.45, 2.75) is 29.5 Å². The van der Waals surface area contributed by atoms with Gasteiger partial charge in [-0.25, -0.2) is 8.42 Å². The van der Waals surface area contributed by atoms with Gasteiger partial charge in [-0.3, -0.25) is 9.69 Å². The Morgan fingerprint density at radius 1 is 1.31 bits per heavy atom. The first-order valence-corrected chi connectivity index (χ1v) is 11.8. The zero-order valence-electron chi connectivity index (χ0n) is 16.3. The van der Waals surface area contributed by atoms with E-state index in [0.717, 1.165) is 49.6 Å². The summed E-state index contributed by atoms with van der Waals surface area (Å²) in [5, 5.41) is 4.09. The highest BCUT2D eigenvalue weighted by Crippen LogP contribution is 2.34. The van der Waals surface area contributed by atoms with E-state index in [9.17, 15) is 13.2 Å². The molecule has 1 fully saturated rings. The number of rotatable bonds is 8. The number of hydrogen-bond acceptors (Lipinski definition) is 9. The van der Waals surface area contributed by atoms with Gasteiger partial charge in [-0.2, -0.15) is 0 Å². The van der Waals surface area contributed by atoms with Crippen LogP contribution < -0.4 is 15.2 Å². The van der Waals surface area contributed by atoms with Crippen molar-refractivity contribution in [1.82, 2.24) is 14.5 Å². The highest BCUT2D eigenvalue weighted by Gasteiger charge is 2.28. The lowest BCUT2D eigenvalue weighted by Crippen LogP contribution is -2.32. The molecule has 29 heavy (non-hydrogen) atoms. The number of carbonyl (C=O) groups is 1. The Kier molecular flexibility index (Phi) is 6.70. The van der Waals surface area contributed by atoms with Crippen LogP contribution in [0.2, 0.25) is 0 Å². The zero-order chi connectivity index (χ0) is 21.0. The minimum atomic E-state index is -3.30. The standard InChI is InChI=1S/C18H24N4O5S2/c1-26-15-9-12(3-4-14(15)27-11-16(19)23)10-22-7-5-13(6-8-22)17-18(28-21-20-17)29(2,24)25/h3-4,9,13H,5-8,10-11H2,1-2H3,(H2,19,23). The highest BCUT2D eigenvalue weighted by atomic mass is 32.2. The third-order valence-corrected chi connectivity index (χ3v) is 7.35. The molecule has 3 rings (SSSR count). The molecule has 0 radical (unpaired) electrons. The number of sulfone groups is 1. The molecule has 1 aromatic heterocycles. The van der Waals surface area contributed by atoms with Crippen molar-refractivity contribution in [2.75, 3.05) is 33.1 Å². The van der Waals surface area contributed by atoms with Gasteiger partial charge in [0.25, 0.3) is 5.91 Å².